The summed E-state index contributed by atoms with van der Waals surface area (Å²) in [6.45, 7) is 8.66. The number of nitrogens with zero attached hydrogens (tertiary/aromatic N) is 3. The molecule has 27 heavy (non-hydrogen) atoms. The lowest BCUT2D eigenvalue weighted by Crippen LogP contribution is -2.28. The number of benzene rings is 1. The number of carbonyl (C=O) groups is 1. The Bertz CT molecular complexity index is 1180. The van der Waals surface area contributed by atoms with Crippen molar-refractivity contribution in [1.82, 2.24) is 19.3 Å². The Morgan fingerprint density at radius 2 is 1.96 bits per heavy atom. The molecule has 1 aromatic carbocycles. The van der Waals surface area contributed by atoms with Gasteiger partial charge in [-0.05, 0) is 57.0 Å². The molecule has 0 radical (unpaired) electrons. The van der Waals surface area contributed by atoms with Gasteiger partial charge >= 0.3 is 0 Å². The minimum atomic E-state index is -0.00830. The number of H-pyrrole nitrogens is 1. The summed E-state index contributed by atoms with van der Waals surface area (Å²) in [5.74, 6) is -0.00830. The molecule has 0 aliphatic rings. The Labute approximate surface area is 158 Å². The number of aromatic amines is 1. The molecule has 4 aromatic rings. The van der Waals surface area contributed by atoms with Crippen molar-refractivity contribution in [1.29, 1.82) is 0 Å². The van der Waals surface area contributed by atoms with Crippen molar-refractivity contribution in [3.63, 3.8) is 0 Å². The van der Waals surface area contributed by atoms with Crippen LogP contribution in [0.5, 0.6) is 0 Å². The maximum absolute atomic E-state index is 13.2. The molecule has 5 heteroatoms. The average Bonchev–Trinajstić information content (AvgIpc) is 3.12. The van der Waals surface area contributed by atoms with Crippen molar-refractivity contribution in [2.75, 3.05) is 7.05 Å². The lowest BCUT2D eigenvalue weighted by atomic mass is 10.1. The third-order valence-corrected chi connectivity index (χ3v) is 5.29. The van der Waals surface area contributed by atoms with Gasteiger partial charge in [0.1, 0.15) is 11.3 Å². The Hall–Kier alpha value is -3.08. The quantitative estimate of drug-likeness (QED) is 0.591. The molecule has 0 aliphatic heterocycles. The Balaban J connectivity index is 1.70. The first kappa shape index (κ1) is 17.3. The molecule has 1 N–H and O–H groups in total. The summed E-state index contributed by atoms with van der Waals surface area (Å²) in [6.07, 6.45) is 1.99. The fourth-order valence-corrected chi connectivity index (χ4v) is 3.84. The van der Waals surface area contributed by atoms with Gasteiger partial charge in [-0.2, -0.15) is 0 Å². The van der Waals surface area contributed by atoms with Gasteiger partial charge in [0.2, 0.25) is 0 Å². The third-order valence-electron chi connectivity index (χ3n) is 5.29. The second-order valence-corrected chi connectivity index (χ2v) is 7.36. The van der Waals surface area contributed by atoms with Crippen LogP contribution in [0.3, 0.4) is 0 Å². The minimum absolute atomic E-state index is 0.00830. The number of hydrogen-bond acceptors (Lipinski definition) is 2. The standard InChI is InChI=1S/C22H24N4O/c1-13-10-14(2)20-17(11-13)15(3)21(24-20)22(27)25(5)12-18-16(4)23-19-8-6-7-9-26(18)19/h6-11,24H,12H2,1-5H3. The van der Waals surface area contributed by atoms with Crippen molar-refractivity contribution < 1.29 is 4.79 Å². The van der Waals surface area contributed by atoms with Crippen molar-refractivity contribution in [3.05, 3.63) is 70.3 Å². The molecule has 0 bridgehead atoms. The molecular formula is C22H24N4O. The number of rotatable bonds is 3. The number of aryl methyl sites for hydroxylation is 4. The van der Waals surface area contributed by atoms with Crippen LogP contribution in [0.25, 0.3) is 16.6 Å². The first-order chi connectivity index (χ1) is 12.9. The van der Waals surface area contributed by atoms with Gasteiger partial charge in [0.15, 0.2) is 0 Å². The number of fused-ring (bicyclic) bond motifs is 2. The number of aromatic nitrogens is 3. The van der Waals surface area contributed by atoms with E-state index in [1.807, 2.05) is 49.7 Å². The zero-order valence-corrected chi connectivity index (χ0v) is 16.4. The number of carbonyl (C=O) groups excluding carboxylic acids is 1. The minimum Gasteiger partial charge on any atom is -0.350 e. The van der Waals surface area contributed by atoms with Gasteiger partial charge in [0, 0.05) is 24.1 Å². The van der Waals surface area contributed by atoms with E-state index in [4.69, 9.17) is 0 Å². The highest BCUT2D eigenvalue weighted by Gasteiger charge is 2.21. The first-order valence-electron chi connectivity index (χ1n) is 9.14. The molecule has 5 nitrogen and oxygen atoms in total. The van der Waals surface area contributed by atoms with Gasteiger partial charge in [-0.15, -0.1) is 0 Å². The first-order valence-corrected chi connectivity index (χ1v) is 9.14. The molecule has 3 heterocycles. The highest BCUT2D eigenvalue weighted by Crippen LogP contribution is 2.27. The maximum atomic E-state index is 13.2. The van der Waals surface area contributed by atoms with E-state index in [1.165, 1.54) is 5.56 Å². The molecule has 0 spiro atoms. The smallest absolute Gasteiger partial charge is 0.270 e. The topological polar surface area (TPSA) is 53.4 Å². The summed E-state index contributed by atoms with van der Waals surface area (Å²) in [5, 5.41) is 1.12. The summed E-state index contributed by atoms with van der Waals surface area (Å²) in [6, 6.07) is 10.2. The second-order valence-electron chi connectivity index (χ2n) is 7.36. The number of amides is 1. The Kier molecular flexibility index (Phi) is 4.02. The van der Waals surface area contributed by atoms with E-state index in [9.17, 15) is 4.79 Å². The normalized spacial score (nSPS) is 11.4. The third kappa shape index (κ3) is 2.79. The molecule has 4 rings (SSSR count). The van der Waals surface area contributed by atoms with E-state index in [1.54, 1.807) is 4.90 Å². The summed E-state index contributed by atoms with van der Waals surface area (Å²) < 4.78 is 2.05. The number of pyridine rings is 1. The van der Waals surface area contributed by atoms with Gasteiger partial charge in [-0.25, -0.2) is 4.98 Å². The van der Waals surface area contributed by atoms with Crippen molar-refractivity contribution >= 4 is 22.5 Å². The zero-order chi connectivity index (χ0) is 19.3. The van der Waals surface area contributed by atoms with Crippen LogP contribution in [0.2, 0.25) is 0 Å². The van der Waals surface area contributed by atoms with Crippen molar-refractivity contribution in [2.24, 2.45) is 0 Å². The predicted octanol–water partition coefficient (Wildman–Crippen LogP) is 4.32. The van der Waals surface area contributed by atoms with Crippen LogP contribution < -0.4 is 0 Å². The van der Waals surface area contributed by atoms with E-state index in [-0.39, 0.29) is 5.91 Å². The zero-order valence-electron chi connectivity index (χ0n) is 16.4. The van der Waals surface area contributed by atoms with Gasteiger partial charge in [0.05, 0.1) is 17.9 Å². The van der Waals surface area contributed by atoms with E-state index in [0.29, 0.717) is 12.2 Å². The Morgan fingerprint density at radius 1 is 1.19 bits per heavy atom. The Morgan fingerprint density at radius 3 is 2.74 bits per heavy atom. The van der Waals surface area contributed by atoms with Crippen LogP contribution in [0.4, 0.5) is 0 Å². The van der Waals surface area contributed by atoms with E-state index < -0.39 is 0 Å². The number of imidazole rings is 1. The van der Waals surface area contributed by atoms with E-state index >= 15 is 0 Å². The molecule has 3 aromatic heterocycles. The number of nitrogens with one attached hydrogen (secondary N) is 1. The summed E-state index contributed by atoms with van der Waals surface area (Å²) >= 11 is 0. The highest BCUT2D eigenvalue weighted by atomic mass is 16.2. The van der Waals surface area contributed by atoms with Gasteiger partial charge < -0.3 is 14.3 Å². The molecule has 1 amide bonds. The molecule has 0 saturated carbocycles. The second kappa shape index (κ2) is 6.27. The fraction of sp³-hybridized carbons (Fsp3) is 0.273. The summed E-state index contributed by atoms with van der Waals surface area (Å²) in [7, 11) is 1.84. The monoisotopic (exact) mass is 360 g/mol. The van der Waals surface area contributed by atoms with E-state index in [0.717, 1.165) is 39.1 Å². The summed E-state index contributed by atoms with van der Waals surface area (Å²) in [4.78, 5) is 22.9. The van der Waals surface area contributed by atoms with E-state index in [2.05, 4.69) is 35.9 Å². The predicted molar refractivity (Wildman–Crippen MR) is 108 cm³/mol. The van der Waals surface area contributed by atoms with Crippen LogP contribution in [0.1, 0.15) is 38.6 Å². The molecular weight excluding hydrogens is 336 g/mol. The largest absolute Gasteiger partial charge is 0.350 e. The lowest BCUT2D eigenvalue weighted by molar-refractivity contribution is 0.0777. The SMILES string of the molecule is Cc1cc(C)c2[nH]c(C(=O)N(C)Cc3c(C)nc4ccccn34)c(C)c2c1. The molecule has 138 valence electrons. The van der Waals surface area contributed by atoms with Gasteiger partial charge in [0.25, 0.3) is 5.91 Å². The molecule has 0 aliphatic carbocycles. The maximum Gasteiger partial charge on any atom is 0.270 e. The van der Waals surface area contributed by atoms with Crippen LogP contribution >= 0.6 is 0 Å². The van der Waals surface area contributed by atoms with Crippen LogP contribution in [-0.2, 0) is 6.54 Å². The molecule has 0 unspecified atom stereocenters. The molecule has 0 saturated heterocycles. The average molecular weight is 360 g/mol. The summed E-state index contributed by atoms with van der Waals surface area (Å²) in [5.41, 5.74) is 7.95. The molecule has 0 fully saturated rings. The van der Waals surface area contributed by atoms with Gasteiger partial charge in [-0.3, -0.25) is 4.79 Å². The fourth-order valence-electron chi connectivity index (χ4n) is 3.84. The van der Waals surface area contributed by atoms with Gasteiger partial charge in [-0.1, -0.05) is 17.7 Å². The van der Waals surface area contributed by atoms with Crippen molar-refractivity contribution in [3.8, 4) is 0 Å². The van der Waals surface area contributed by atoms with Crippen molar-refractivity contribution in [2.45, 2.75) is 34.2 Å². The van der Waals surface area contributed by atoms with Crippen LogP contribution in [0.15, 0.2) is 36.5 Å². The number of hydrogen-bond donors (Lipinski definition) is 1. The lowest BCUT2D eigenvalue weighted by Gasteiger charge is -2.17. The van der Waals surface area contributed by atoms with Crippen LogP contribution in [0, 0.1) is 27.7 Å². The highest BCUT2D eigenvalue weighted by molar-refractivity contribution is 6.01. The molecule has 0 atom stereocenters. The van der Waals surface area contributed by atoms with Crippen LogP contribution in [-0.4, -0.2) is 32.2 Å².